The summed E-state index contributed by atoms with van der Waals surface area (Å²) in [5, 5.41) is 3.19. The highest BCUT2D eigenvalue weighted by Gasteiger charge is 2.42. The standard InChI is InChI=1S/C20H27NO3/c1-4-9-24-18-8-7-16(12-19(18)23-3)20(22)21-13(2)17-11-14-5-6-15(17)10-14/h4,7-8,12-15,17H,1,5-6,9-11H2,2-3H3,(H,21,22). The Hall–Kier alpha value is -1.97. The summed E-state index contributed by atoms with van der Waals surface area (Å²) in [7, 11) is 1.58. The molecule has 4 unspecified atom stereocenters. The van der Waals surface area contributed by atoms with Gasteiger partial charge in [-0.3, -0.25) is 4.79 Å². The molecule has 1 aromatic rings. The second-order valence-electron chi connectivity index (χ2n) is 7.07. The minimum atomic E-state index is -0.0427. The third kappa shape index (κ3) is 3.42. The molecule has 2 aliphatic carbocycles. The van der Waals surface area contributed by atoms with Crippen LogP contribution in [0.2, 0.25) is 0 Å². The molecule has 130 valence electrons. The topological polar surface area (TPSA) is 47.6 Å². The molecule has 1 aromatic carbocycles. The number of rotatable bonds is 7. The van der Waals surface area contributed by atoms with Crippen molar-refractivity contribution in [2.75, 3.05) is 13.7 Å². The number of fused-ring (bicyclic) bond motifs is 2. The Kier molecular flexibility index (Phi) is 5.12. The molecule has 0 spiro atoms. The second kappa shape index (κ2) is 7.29. The maximum atomic E-state index is 12.6. The van der Waals surface area contributed by atoms with Gasteiger partial charge in [-0.1, -0.05) is 19.1 Å². The van der Waals surface area contributed by atoms with Gasteiger partial charge in [0.15, 0.2) is 11.5 Å². The van der Waals surface area contributed by atoms with Crippen LogP contribution >= 0.6 is 0 Å². The largest absolute Gasteiger partial charge is 0.493 e. The van der Waals surface area contributed by atoms with Gasteiger partial charge in [0, 0.05) is 11.6 Å². The van der Waals surface area contributed by atoms with Gasteiger partial charge in [0.25, 0.3) is 5.91 Å². The first-order valence-corrected chi connectivity index (χ1v) is 8.85. The van der Waals surface area contributed by atoms with Crippen LogP contribution in [0, 0.1) is 17.8 Å². The summed E-state index contributed by atoms with van der Waals surface area (Å²) in [6.45, 7) is 6.18. The fourth-order valence-corrected chi connectivity index (χ4v) is 4.38. The van der Waals surface area contributed by atoms with Crippen molar-refractivity contribution in [3.63, 3.8) is 0 Å². The van der Waals surface area contributed by atoms with E-state index >= 15 is 0 Å². The van der Waals surface area contributed by atoms with E-state index in [2.05, 4.69) is 18.8 Å². The lowest BCUT2D eigenvalue weighted by Gasteiger charge is -2.28. The number of hydrogen-bond donors (Lipinski definition) is 1. The smallest absolute Gasteiger partial charge is 0.251 e. The molecule has 24 heavy (non-hydrogen) atoms. The summed E-state index contributed by atoms with van der Waals surface area (Å²) in [6, 6.07) is 5.51. The van der Waals surface area contributed by atoms with Gasteiger partial charge in [0.2, 0.25) is 0 Å². The first kappa shape index (κ1) is 16.9. The first-order chi connectivity index (χ1) is 11.6. The fourth-order valence-electron chi connectivity index (χ4n) is 4.38. The molecule has 2 fully saturated rings. The number of hydrogen-bond acceptors (Lipinski definition) is 3. The molecule has 3 rings (SSSR count). The number of methoxy groups -OCH3 is 1. The molecule has 0 aromatic heterocycles. The van der Waals surface area contributed by atoms with Crippen LogP contribution in [0.1, 0.15) is 43.0 Å². The molecule has 0 saturated heterocycles. The lowest BCUT2D eigenvalue weighted by atomic mass is 9.84. The van der Waals surface area contributed by atoms with Crippen LogP contribution < -0.4 is 14.8 Å². The Morgan fingerprint density at radius 2 is 2.21 bits per heavy atom. The van der Waals surface area contributed by atoms with Crippen LogP contribution in [0.25, 0.3) is 0 Å². The molecule has 4 atom stereocenters. The minimum absolute atomic E-state index is 0.0427. The van der Waals surface area contributed by atoms with Crippen molar-refractivity contribution >= 4 is 5.91 Å². The van der Waals surface area contributed by atoms with Crippen molar-refractivity contribution in [2.45, 2.75) is 38.6 Å². The monoisotopic (exact) mass is 329 g/mol. The lowest BCUT2D eigenvalue weighted by Crippen LogP contribution is -2.40. The molecular weight excluding hydrogens is 302 g/mol. The highest BCUT2D eigenvalue weighted by Crippen LogP contribution is 2.49. The van der Waals surface area contributed by atoms with E-state index < -0.39 is 0 Å². The summed E-state index contributed by atoms with van der Waals surface area (Å²) in [5.41, 5.74) is 0.604. The van der Waals surface area contributed by atoms with Crippen molar-refractivity contribution < 1.29 is 14.3 Å². The molecule has 1 amide bonds. The van der Waals surface area contributed by atoms with E-state index in [1.54, 1.807) is 31.4 Å². The maximum Gasteiger partial charge on any atom is 0.251 e. The third-order valence-corrected chi connectivity index (χ3v) is 5.58. The zero-order valence-electron chi connectivity index (χ0n) is 14.6. The minimum Gasteiger partial charge on any atom is -0.493 e. The predicted octanol–water partition coefficient (Wildman–Crippen LogP) is 3.81. The average molecular weight is 329 g/mol. The molecule has 2 saturated carbocycles. The summed E-state index contributed by atoms with van der Waals surface area (Å²) >= 11 is 0. The van der Waals surface area contributed by atoms with Crippen LogP contribution in [-0.4, -0.2) is 25.7 Å². The van der Waals surface area contributed by atoms with Gasteiger partial charge in [-0.05, 0) is 62.1 Å². The number of nitrogens with one attached hydrogen (secondary N) is 1. The normalized spacial score (nSPS) is 26.0. The number of carbonyl (C=O) groups excluding carboxylic acids is 1. The molecular formula is C20H27NO3. The van der Waals surface area contributed by atoms with Crippen LogP contribution in [0.3, 0.4) is 0 Å². The van der Waals surface area contributed by atoms with E-state index in [4.69, 9.17) is 9.47 Å². The maximum absolute atomic E-state index is 12.6. The second-order valence-corrected chi connectivity index (χ2v) is 7.07. The third-order valence-electron chi connectivity index (χ3n) is 5.58. The molecule has 2 aliphatic rings. The van der Waals surface area contributed by atoms with Gasteiger partial charge in [0.1, 0.15) is 6.61 Å². The number of amides is 1. The quantitative estimate of drug-likeness (QED) is 0.774. The number of benzene rings is 1. The summed E-state index contributed by atoms with van der Waals surface area (Å²) in [4.78, 5) is 12.6. The van der Waals surface area contributed by atoms with Crippen molar-refractivity contribution in [3.8, 4) is 11.5 Å². The van der Waals surface area contributed by atoms with Gasteiger partial charge in [-0.25, -0.2) is 0 Å². The van der Waals surface area contributed by atoms with Gasteiger partial charge in [-0.2, -0.15) is 0 Å². The van der Waals surface area contributed by atoms with Crippen molar-refractivity contribution in [1.82, 2.24) is 5.32 Å². The Bertz CT molecular complexity index is 613. The van der Waals surface area contributed by atoms with Gasteiger partial charge < -0.3 is 14.8 Å². The zero-order valence-corrected chi connectivity index (χ0v) is 14.6. The van der Waals surface area contributed by atoms with Crippen LogP contribution in [0.4, 0.5) is 0 Å². The first-order valence-electron chi connectivity index (χ1n) is 8.85. The van der Waals surface area contributed by atoms with Gasteiger partial charge >= 0.3 is 0 Å². The van der Waals surface area contributed by atoms with Crippen molar-refractivity contribution in [3.05, 3.63) is 36.4 Å². The summed E-state index contributed by atoms with van der Waals surface area (Å²) in [5.74, 6) is 3.46. The lowest BCUT2D eigenvalue weighted by molar-refractivity contribution is 0.0915. The van der Waals surface area contributed by atoms with Gasteiger partial charge in [-0.15, -0.1) is 0 Å². The molecule has 2 bridgehead atoms. The Balaban J connectivity index is 1.65. The highest BCUT2D eigenvalue weighted by atomic mass is 16.5. The van der Waals surface area contributed by atoms with E-state index in [0.717, 1.165) is 11.8 Å². The molecule has 4 nitrogen and oxygen atoms in total. The van der Waals surface area contributed by atoms with Gasteiger partial charge in [0.05, 0.1) is 7.11 Å². The van der Waals surface area contributed by atoms with Crippen molar-refractivity contribution in [1.29, 1.82) is 0 Å². The molecule has 0 radical (unpaired) electrons. The summed E-state index contributed by atoms with van der Waals surface area (Å²) < 4.78 is 10.9. The Labute approximate surface area is 144 Å². The molecule has 0 aliphatic heterocycles. The van der Waals surface area contributed by atoms with E-state index in [0.29, 0.717) is 29.6 Å². The number of ether oxygens (including phenoxy) is 2. The fraction of sp³-hybridized carbons (Fsp3) is 0.550. The van der Waals surface area contributed by atoms with Crippen LogP contribution in [0.15, 0.2) is 30.9 Å². The van der Waals surface area contributed by atoms with E-state index in [1.165, 1.54) is 25.7 Å². The molecule has 0 heterocycles. The van der Waals surface area contributed by atoms with Crippen molar-refractivity contribution in [2.24, 2.45) is 17.8 Å². The van der Waals surface area contributed by atoms with Crippen LogP contribution in [0.5, 0.6) is 11.5 Å². The predicted molar refractivity (Wildman–Crippen MR) is 94.6 cm³/mol. The Morgan fingerprint density at radius 3 is 2.83 bits per heavy atom. The average Bonchev–Trinajstić information content (AvgIpc) is 3.23. The number of carbonyl (C=O) groups is 1. The van der Waals surface area contributed by atoms with E-state index in [9.17, 15) is 4.79 Å². The molecule has 4 heteroatoms. The van der Waals surface area contributed by atoms with E-state index in [1.807, 2.05) is 0 Å². The molecule has 1 N–H and O–H groups in total. The zero-order chi connectivity index (χ0) is 17.1. The SMILES string of the molecule is C=CCOc1ccc(C(=O)NC(C)C2CC3CCC2C3)cc1OC. The summed E-state index contributed by atoms with van der Waals surface area (Å²) in [6.07, 6.45) is 7.01. The van der Waals surface area contributed by atoms with E-state index in [-0.39, 0.29) is 11.9 Å². The highest BCUT2D eigenvalue weighted by molar-refractivity contribution is 5.95. The van der Waals surface area contributed by atoms with Crippen LogP contribution in [-0.2, 0) is 0 Å². The Morgan fingerprint density at radius 1 is 1.38 bits per heavy atom.